The Morgan fingerprint density at radius 1 is 0.630 bits per heavy atom. The van der Waals surface area contributed by atoms with E-state index in [1.165, 1.54) is 11.3 Å². The Balaban J connectivity index is 1.56. The minimum absolute atomic E-state index is 0.424. The first kappa shape index (κ1) is 31.7. The zero-order valence-electron chi connectivity index (χ0n) is 25.9. The monoisotopic (exact) mass is 631 g/mol. The number of amides is 2. The molecule has 0 radical (unpaired) electrons. The fourth-order valence-electron chi connectivity index (χ4n) is 5.33. The molecule has 1 aromatic heterocycles. The van der Waals surface area contributed by atoms with E-state index in [1.807, 2.05) is 98.7 Å². The molecule has 5 rings (SSSR count). The van der Waals surface area contributed by atoms with Gasteiger partial charge in [-0.25, -0.2) is 4.79 Å². The Labute approximate surface area is 271 Å². The van der Waals surface area contributed by atoms with Crippen LogP contribution in [0.2, 0.25) is 0 Å². The maximum Gasteiger partial charge on any atom is 0.375 e. The Morgan fingerprint density at radius 3 is 1.46 bits per heavy atom. The number of nitrogens with zero attached hydrogens (tertiary/aromatic N) is 3. The van der Waals surface area contributed by atoms with Crippen LogP contribution in [0.15, 0.2) is 108 Å². The predicted molar refractivity (Wildman–Crippen MR) is 185 cm³/mol. The summed E-state index contributed by atoms with van der Waals surface area (Å²) in [4.78, 5) is 46.6. The average Bonchev–Trinajstić information content (AvgIpc) is 3.60. The van der Waals surface area contributed by atoms with Crippen LogP contribution in [0.5, 0.6) is 0 Å². The smallest absolute Gasteiger partial charge is 0.375 e. The zero-order chi connectivity index (χ0) is 33.0. The van der Waals surface area contributed by atoms with Gasteiger partial charge in [-0.05, 0) is 34.7 Å². The van der Waals surface area contributed by atoms with Crippen molar-refractivity contribution in [3.8, 4) is 22.3 Å². The predicted octanol–water partition coefficient (Wildman–Crippen LogP) is 6.02. The number of oxime groups is 1. The van der Waals surface area contributed by atoms with Gasteiger partial charge in [-0.3, -0.25) is 9.59 Å². The van der Waals surface area contributed by atoms with Crippen LogP contribution >= 0.6 is 11.3 Å². The SMILES string of the molecule is CN(C)c1c(C(N)=O)cccc1-c1ccc(C(=NOC(=O)c2cccs2)c2ccc(-c3cccc(C(N)=O)c3N(C)C)cc2)cc1. The molecule has 4 aromatic carbocycles. The van der Waals surface area contributed by atoms with Crippen molar-refractivity contribution in [1.29, 1.82) is 0 Å². The molecule has 0 unspecified atom stereocenters. The third-order valence-corrected chi connectivity index (χ3v) is 8.23. The van der Waals surface area contributed by atoms with E-state index in [2.05, 4.69) is 5.16 Å². The van der Waals surface area contributed by atoms with Gasteiger partial charge in [0, 0.05) is 50.4 Å². The van der Waals surface area contributed by atoms with E-state index in [1.54, 1.807) is 41.8 Å². The summed E-state index contributed by atoms with van der Waals surface area (Å²) in [6, 6.07) is 29.6. The van der Waals surface area contributed by atoms with Crippen molar-refractivity contribution in [1.82, 2.24) is 0 Å². The highest BCUT2D eigenvalue weighted by Gasteiger charge is 2.19. The molecule has 10 heteroatoms. The summed E-state index contributed by atoms with van der Waals surface area (Å²) in [7, 11) is 7.45. The van der Waals surface area contributed by atoms with E-state index in [0.29, 0.717) is 32.8 Å². The van der Waals surface area contributed by atoms with E-state index in [4.69, 9.17) is 16.3 Å². The second kappa shape index (κ2) is 13.5. The number of benzene rings is 4. The van der Waals surface area contributed by atoms with Gasteiger partial charge in [-0.1, -0.05) is 84.0 Å². The van der Waals surface area contributed by atoms with Gasteiger partial charge in [0.1, 0.15) is 10.6 Å². The Hall–Kier alpha value is -5.74. The molecule has 0 aliphatic rings. The Morgan fingerprint density at radius 2 is 1.09 bits per heavy atom. The van der Waals surface area contributed by atoms with E-state index in [0.717, 1.165) is 33.6 Å². The van der Waals surface area contributed by atoms with Crippen LogP contribution in [0, 0.1) is 0 Å². The van der Waals surface area contributed by atoms with E-state index >= 15 is 0 Å². The molecule has 9 nitrogen and oxygen atoms in total. The molecule has 0 spiro atoms. The number of carbonyl (C=O) groups is 3. The summed E-state index contributed by atoms with van der Waals surface area (Å²) in [6.45, 7) is 0. The minimum Gasteiger partial charge on any atom is -0.377 e. The number of para-hydroxylation sites is 2. The fraction of sp³-hybridized carbons (Fsp3) is 0.111. The number of hydrogen-bond acceptors (Lipinski definition) is 8. The summed E-state index contributed by atoms with van der Waals surface area (Å²) in [6.07, 6.45) is 0. The van der Waals surface area contributed by atoms with Gasteiger partial charge < -0.3 is 26.1 Å². The minimum atomic E-state index is -0.557. The van der Waals surface area contributed by atoms with Crippen LogP contribution in [0.25, 0.3) is 22.3 Å². The number of hydrogen-bond donors (Lipinski definition) is 2. The van der Waals surface area contributed by atoms with E-state index in [-0.39, 0.29) is 0 Å². The lowest BCUT2D eigenvalue weighted by molar-refractivity contribution is 0.0522. The second-order valence-corrected chi connectivity index (χ2v) is 11.8. The van der Waals surface area contributed by atoms with Gasteiger partial charge in [-0.15, -0.1) is 11.3 Å². The molecule has 1 heterocycles. The van der Waals surface area contributed by atoms with Crippen LogP contribution in [0.1, 0.15) is 41.5 Å². The van der Waals surface area contributed by atoms with Crippen LogP contribution in [-0.4, -0.2) is 51.7 Å². The maximum atomic E-state index is 12.7. The Kier molecular flexibility index (Phi) is 9.29. The number of primary amides is 2. The molecule has 2 amide bonds. The summed E-state index contributed by atoms with van der Waals surface area (Å²) in [5, 5.41) is 6.12. The molecule has 5 aromatic rings. The van der Waals surface area contributed by atoms with E-state index in [9.17, 15) is 14.4 Å². The molecule has 0 atom stereocenters. The number of thiophene rings is 1. The molecule has 0 saturated heterocycles. The molecule has 0 fully saturated rings. The highest BCUT2D eigenvalue weighted by atomic mass is 32.1. The molecule has 0 aliphatic heterocycles. The summed E-state index contributed by atoms with van der Waals surface area (Å²) < 4.78 is 0. The number of carbonyl (C=O) groups excluding carboxylic acids is 3. The molecule has 0 aliphatic carbocycles. The van der Waals surface area contributed by atoms with Crippen molar-refractivity contribution in [3.05, 3.63) is 130 Å². The van der Waals surface area contributed by atoms with Crippen LogP contribution in [0.4, 0.5) is 11.4 Å². The van der Waals surface area contributed by atoms with Crippen molar-refractivity contribution in [3.63, 3.8) is 0 Å². The second-order valence-electron chi connectivity index (χ2n) is 10.9. The highest BCUT2D eigenvalue weighted by molar-refractivity contribution is 7.11. The van der Waals surface area contributed by atoms with Gasteiger partial charge in [0.25, 0.3) is 11.8 Å². The maximum absolute atomic E-state index is 12.7. The highest BCUT2D eigenvalue weighted by Crippen LogP contribution is 2.35. The van der Waals surface area contributed by atoms with Gasteiger partial charge >= 0.3 is 5.97 Å². The molecule has 4 N–H and O–H groups in total. The number of anilines is 2. The lowest BCUT2D eigenvalue weighted by Gasteiger charge is -2.21. The molecular weight excluding hydrogens is 598 g/mol. The van der Waals surface area contributed by atoms with Crippen molar-refractivity contribution in [2.24, 2.45) is 16.6 Å². The van der Waals surface area contributed by atoms with Crippen molar-refractivity contribution < 1.29 is 19.2 Å². The summed E-state index contributed by atoms with van der Waals surface area (Å²) in [5.74, 6) is -1.57. The van der Waals surface area contributed by atoms with Gasteiger partial charge in [0.2, 0.25) is 0 Å². The first-order valence-corrected chi connectivity index (χ1v) is 15.2. The summed E-state index contributed by atoms with van der Waals surface area (Å²) in [5.41, 5.74) is 18.9. The van der Waals surface area contributed by atoms with Crippen molar-refractivity contribution in [2.75, 3.05) is 38.0 Å². The largest absolute Gasteiger partial charge is 0.377 e. The molecule has 46 heavy (non-hydrogen) atoms. The average molecular weight is 632 g/mol. The van der Waals surface area contributed by atoms with Gasteiger partial charge in [0.15, 0.2) is 0 Å². The molecular formula is C36H33N5O4S. The normalized spacial score (nSPS) is 10.6. The lowest BCUT2D eigenvalue weighted by atomic mass is 9.94. The van der Waals surface area contributed by atoms with Crippen LogP contribution < -0.4 is 21.3 Å². The van der Waals surface area contributed by atoms with Crippen molar-refractivity contribution in [2.45, 2.75) is 0 Å². The lowest BCUT2D eigenvalue weighted by Crippen LogP contribution is -2.19. The molecule has 0 bridgehead atoms. The van der Waals surface area contributed by atoms with E-state index < -0.39 is 17.8 Å². The Bertz CT molecular complexity index is 1820. The first-order chi connectivity index (χ1) is 22.1. The zero-order valence-corrected chi connectivity index (χ0v) is 26.7. The quantitative estimate of drug-likeness (QED) is 0.110. The fourth-order valence-corrected chi connectivity index (χ4v) is 5.92. The molecule has 0 saturated carbocycles. The third-order valence-electron chi connectivity index (χ3n) is 7.38. The number of rotatable bonds is 10. The molecule has 232 valence electrons. The topological polar surface area (TPSA) is 131 Å². The van der Waals surface area contributed by atoms with Crippen LogP contribution in [-0.2, 0) is 4.84 Å². The van der Waals surface area contributed by atoms with Gasteiger partial charge in [0.05, 0.1) is 22.5 Å². The van der Waals surface area contributed by atoms with Crippen LogP contribution in [0.3, 0.4) is 0 Å². The summed E-state index contributed by atoms with van der Waals surface area (Å²) >= 11 is 1.27. The standard InChI is InChI=1S/C36H33N5O4S/c1-40(2)32-26(8-5-10-28(32)34(37)42)22-13-17-24(18-14-22)31(39-45-36(44)30-12-7-21-46-30)25-19-15-23(16-20-25)27-9-6-11-29(35(38)43)33(27)41(3)4/h5-21H,1-4H3,(H2,37,42)(H2,38,43). The van der Waals surface area contributed by atoms with Crippen molar-refractivity contribution >= 4 is 46.2 Å². The van der Waals surface area contributed by atoms with Gasteiger partial charge in [-0.2, -0.15) is 0 Å². The third kappa shape index (κ3) is 6.52. The first-order valence-electron chi connectivity index (χ1n) is 14.3. The number of nitrogens with two attached hydrogens (primary N) is 2.